The van der Waals surface area contributed by atoms with E-state index >= 15 is 0 Å². The van der Waals surface area contributed by atoms with Crippen molar-refractivity contribution in [1.29, 1.82) is 0 Å². The van der Waals surface area contributed by atoms with E-state index in [4.69, 9.17) is 4.74 Å². The summed E-state index contributed by atoms with van der Waals surface area (Å²) in [6, 6.07) is 2.00. The molecule has 0 bridgehead atoms. The molecule has 0 aliphatic carbocycles. The normalized spacial score (nSPS) is 18.1. The molecule has 7 heteroatoms. The van der Waals surface area contributed by atoms with Gasteiger partial charge < -0.3 is 14.2 Å². The third-order valence-corrected chi connectivity index (χ3v) is 4.41. The highest BCUT2D eigenvalue weighted by atomic mass is 16.5. The van der Waals surface area contributed by atoms with Crippen molar-refractivity contribution in [3.8, 4) is 0 Å². The van der Waals surface area contributed by atoms with Crippen molar-refractivity contribution >= 4 is 5.91 Å². The van der Waals surface area contributed by atoms with Gasteiger partial charge in [0, 0.05) is 55.8 Å². The number of imidazole rings is 1. The smallest absolute Gasteiger partial charge is 0.222 e. The van der Waals surface area contributed by atoms with E-state index in [0.717, 1.165) is 37.3 Å². The molecule has 1 atom stereocenters. The first-order valence-corrected chi connectivity index (χ1v) is 8.79. The fourth-order valence-electron chi connectivity index (χ4n) is 3.14. The van der Waals surface area contributed by atoms with Gasteiger partial charge in [0.1, 0.15) is 6.33 Å². The lowest BCUT2D eigenvalue weighted by atomic mass is 10.0. The van der Waals surface area contributed by atoms with Crippen LogP contribution in [0.25, 0.3) is 0 Å². The van der Waals surface area contributed by atoms with Gasteiger partial charge in [0.2, 0.25) is 5.91 Å². The summed E-state index contributed by atoms with van der Waals surface area (Å²) in [7, 11) is 0. The minimum atomic E-state index is 0.203. The summed E-state index contributed by atoms with van der Waals surface area (Å²) < 4.78 is 7.70. The number of nitrogens with zero attached hydrogens (tertiary/aromatic N) is 5. The summed E-state index contributed by atoms with van der Waals surface area (Å²) in [5.41, 5.74) is 1.97. The van der Waals surface area contributed by atoms with Crippen LogP contribution in [-0.4, -0.2) is 56.6 Å². The van der Waals surface area contributed by atoms with Crippen molar-refractivity contribution in [2.75, 3.05) is 26.3 Å². The van der Waals surface area contributed by atoms with Crippen LogP contribution in [0.3, 0.4) is 0 Å². The van der Waals surface area contributed by atoms with Gasteiger partial charge in [0.05, 0.1) is 19.5 Å². The Morgan fingerprint density at radius 1 is 1.40 bits per heavy atom. The second-order valence-electron chi connectivity index (χ2n) is 6.54. The molecule has 1 fully saturated rings. The van der Waals surface area contributed by atoms with Gasteiger partial charge in [0.15, 0.2) is 0 Å². The molecule has 0 aromatic carbocycles. The molecule has 2 aromatic heterocycles. The number of hydrogen-bond acceptors (Lipinski definition) is 5. The minimum absolute atomic E-state index is 0.203. The fraction of sp³-hybridized carbons (Fsp3) is 0.556. The van der Waals surface area contributed by atoms with E-state index < -0.39 is 0 Å². The molecule has 0 N–H and O–H groups in total. The van der Waals surface area contributed by atoms with Crippen LogP contribution in [0, 0.1) is 12.8 Å². The summed E-state index contributed by atoms with van der Waals surface area (Å²) in [5.74, 6) is 0.476. The van der Waals surface area contributed by atoms with E-state index in [1.165, 1.54) is 0 Å². The Balaban J connectivity index is 1.51. The van der Waals surface area contributed by atoms with Gasteiger partial charge in [-0.15, -0.1) is 0 Å². The minimum Gasteiger partial charge on any atom is -0.379 e. The summed E-state index contributed by atoms with van der Waals surface area (Å²) in [6.07, 6.45) is 9.24. The molecule has 7 nitrogen and oxygen atoms in total. The molecule has 1 saturated heterocycles. The second kappa shape index (κ2) is 8.71. The van der Waals surface area contributed by atoms with Crippen LogP contribution in [0.5, 0.6) is 0 Å². The quantitative estimate of drug-likeness (QED) is 0.794. The lowest BCUT2D eigenvalue weighted by Crippen LogP contribution is -2.36. The van der Waals surface area contributed by atoms with Crippen LogP contribution in [0.2, 0.25) is 0 Å². The van der Waals surface area contributed by atoms with E-state index in [0.29, 0.717) is 26.2 Å². The van der Waals surface area contributed by atoms with Crippen molar-refractivity contribution < 1.29 is 9.53 Å². The van der Waals surface area contributed by atoms with Gasteiger partial charge in [-0.1, -0.05) is 0 Å². The lowest BCUT2D eigenvalue weighted by Gasteiger charge is -2.23. The molecular weight excluding hydrogens is 318 g/mol. The predicted molar refractivity (Wildman–Crippen MR) is 92.8 cm³/mol. The van der Waals surface area contributed by atoms with Crippen molar-refractivity contribution in [3.05, 3.63) is 42.5 Å². The summed E-state index contributed by atoms with van der Waals surface area (Å²) >= 11 is 0. The molecular formula is C18H25N5O2. The molecule has 0 saturated carbocycles. The zero-order valence-electron chi connectivity index (χ0n) is 14.7. The van der Waals surface area contributed by atoms with Crippen molar-refractivity contribution in [3.63, 3.8) is 0 Å². The number of rotatable bonds is 6. The Kier molecular flexibility index (Phi) is 6.11. The van der Waals surface area contributed by atoms with Crippen molar-refractivity contribution in [2.24, 2.45) is 5.92 Å². The molecule has 25 heavy (non-hydrogen) atoms. The zero-order chi connectivity index (χ0) is 17.5. The van der Waals surface area contributed by atoms with Gasteiger partial charge in [0.25, 0.3) is 0 Å². The summed E-state index contributed by atoms with van der Waals surface area (Å²) in [6.45, 7) is 5.45. The Morgan fingerprint density at radius 2 is 2.32 bits per heavy atom. The molecule has 134 valence electrons. The van der Waals surface area contributed by atoms with Gasteiger partial charge in [-0.25, -0.2) is 15.0 Å². The third-order valence-electron chi connectivity index (χ3n) is 4.41. The Bertz CT molecular complexity index is 674. The third kappa shape index (κ3) is 5.35. The molecule has 1 unspecified atom stereocenters. The standard InChI is InChI=1S/C18H25N5O2/c1-15-9-17(21-13-20-15)10-16-11-23(7-8-25-12-16)18(24)3-2-5-22-6-4-19-14-22/h4,6,9,13-14,16H,2-3,5,7-8,10-12H2,1H3. The van der Waals surface area contributed by atoms with Crippen LogP contribution in [-0.2, 0) is 22.5 Å². The van der Waals surface area contributed by atoms with E-state index in [1.807, 2.05) is 28.7 Å². The maximum Gasteiger partial charge on any atom is 0.222 e. The van der Waals surface area contributed by atoms with Crippen LogP contribution in [0.4, 0.5) is 0 Å². The van der Waals surface area contributed by atoms with Crippen molar-refractivity contribution in [2.45, 2.75) is 32.7 Å². The molecule has 2 aromatic rings. The Hall–Kier alpha value is -2.28. The number of aromatic nitrogens is 4. The molecule has 1 amide bonds. The number of carbonyl (C=O) groups excluding carboxylic acids is 1. The van der Waals surface area contributed by atoms with E-state index in [-0.39, 0.29) is 11.8 Å². The molecule has 0 spiro atoms. The lowest BCUT2D eigenvalue weighted by molar-refractivity contribution is -0.131. The largest absolute Gasteiger partial charge is 0.379 e. The number of ether oxygens (including phenoxy) is 1. The average Bonchev–Trinajstić information content (AvgIpc) is 3.00. The number of hydrogen-bond donors (Lipinski definition) is 0. The molecule has 1 aliphatic heterocycles. The topological polar surface area (TPSA) is 73.1 Å². The van der Waals surface area contributed by atoms with Crippen LogP contribution in [0.15, 0.2) is 31.1 Å². The second-order valence-corrected chi connectivity index (χ2v) is 6.54. The first-order valence-electron chi connectivity index (χ1n) is 8.79. The average molecular weight is 343 g/mol. The highest BCUT2D eigenvalue weighted by molar-refractivity contribution is 5.76. The van der Waals surface area contributed by atoms with Crippen molar-refractivity contribution in [1.82, 2.24) is 24.4 Å². The Morgan fingerprint density at radius 3 is 3.12 bits per heavy atom. The predicted octanol–water partition coefficient (Wildman–Crippen LogP) is 1.48. The highest BCUT2D eigenvalue weighted by Crippen LogP contribution is 2.14. The van der Waals surface area contributed by atoms with Crippen LogP contribution >= 0.6 is 0 Å². The van der Waals surface area contributed by atoms with E-state index in [1.54, 1.807) is 18.9 Å². The summed E-state index contributed by atoms with van der Waals surface area (Å²) in [4.78, 5) is 27.0. The first kappa shape index (κ1) is 17.5. The monoisotopic (exact) mass is 343 g/mol. The fourth-order valence-corrected chi connectivity index (χ4v) is 3.14. The zero-order valence-corrected chi connectivity index (χ0v) is 14.7. The highest BCUT2D eigenvalue weighted by Gasteiger charge is 2.22. The van der Waals surface area contributed by atoms with E-state index in [9.17, 15) is 4.79 Å². The molecule has 0 radical (unpaired) electrons. The van der Waals surface area contributed by atoms with Crippen LogP contribution in [0.1, 0.15) is 24.2 Å². The molecule has 3 rings (SSSR count). The number of aryl methyl sites for hydroxylation is 2. The number of amides is 1. The SMILES string of the molecule is Cc1cc(CC2COCCN(C(=O)CCCn3ccnc3)C2)ncn1. The molecule has 1 aliphatic rings. The maximum atomic E-state index is 12.6. The number of carbonyl (C=O) groups is 1. The maximum absolute atomic E-state index is 12.6. The van der Waals surface area contributed by atoms with Gasteiger partial charge >= 0.3 is 0 Å². The van der Waals surface area contributed by atoms with Gasteiger partial charge in [-0.3, -0.25) is 4.79 Å². The Labute approximate surface area is 148 Å². The van der Waals surface area contributed by atoms with Gasteiger partial charge in [-0.05, 0) is 25.8 Å². The molecule has 3 heterocycles. The van der Waals surface area contributed by atoms with E-state index in [2.05, 4.69) is 15.0 Å². The van der Waals surface area contributed by atoms with Gasteiger partial charge in [-0.2, -0.15) is 0 Å². The first-order chi connectivity index (χ1) is 12.2. The van der Waals surface area contributed by atoms with Crippen LogP contribution < -0.4 is 0 Å². The summed E-state index contributed by atoms with van der Waals surface area (Å²) in [5, 5.41) is 0.